The predicted molar refractivity (Wildman–Crippen MR) is 102 cm³/mol. The minimum Gasteiger partial charge on any atom is -0.465 e. The topological polar surface area (TPSA) is 119 Å². The van der Waals surface area contributed by atoms with Gasteiger partial charge in [-0.05, 0) is 35.7 Å². The van der Waals surface area contributed by atoms with Crippen LogP contribution in [0.5, 0.6) is 0 Å². The summed E-state index contributed by atoms with van der Waals surface area (Å²) in [4.78, 5) is 11.7. The molecule has 0 spiro atoms. The zero-order chi connectivity index (χ0) is 20.4. The van der Waals surface area contributed by atoms with Crippen molar-refractivity contribution in [3.05, 3.63) is 40.6 Å². The normalized spacial score (nSPS) is 15.9. The number of methoxy groups -OCH3 is 1. The van der Waals surface area contributed by atoms with Crippen LogP contribution in [0.25, 0.3) is 0 Å². The van der Waals surface area contributed by atoms with Crippen molar-refractivity contribution < 1.29 is 31.1 Å². The van der Waals surface area contributed by atoms with E-state index in [4.69, 9.17) is 4.74 Å². The minimum absolute atomic E-state index is 0.000803. The van der Waals surface area contributed by atoms with Crippen molar-refractivity contribution in [2.75, 3.05) is 38.1 Å². The van der Waals surface area contributed by atoms with Crippen molar-refractivity contribution in [2.45, 2.75) is 9.79 Å². The third kappa shape index (κ3) is 4.20. The number of hydrogen-bond donors (Lipinski definition) is 1. The number of nitrogens with zero attached hydrogens (tertiary/aromatic N) is 1. The average Bonchev–Trinajstić information content (AvgIpc) is 3.15. The van der Waals surface area contributed by atoms with Crippen LogP contribution >= 0.6 is 11.3 Å². The quantitative estimate of drug-likeness (QED) is 0.665. The Bertz CT molecular complexity index is 1050. The van der Waals surface area contributed by atoms with Crippen LogP contribution in [-0.4, -0.2) is 60.5 Å². The van der Waals surface area contributed by atoms with Gasteiger partial charge in [-0.1, -0.05) is 0 Å². The second-order valence-electron chi connectivity index (χ2n) is 5.75. The van der Waals surface area contributed by atoms with E-state index in [1.54, 1.807) is 5.38 Å². The second-order valence-corrected chi connectivity index (χ2v) is 10.3. The molecule has 152 valence electrons. The summed E-state index contributed by atoms with van der Waals surface area (Å²) >= 11 is 1.04. The first-order valence-electron chi connectivity index (χ1n) is 8.12. The van der Waals surface area contributed by atoms with Crippen LogP contribution in [-0.2, 0) is 29.5 Å². The Balaban J connectivity index is 1.82. The van der Waals surface area contributed by atoms with Crippen LogP contribution in [0.15, 0.2) is 45.5 Å². The van der Waals surface area contributed by atoms with E-state index in [0.29, 0.717) is 13.2 Å². The van der Waals surface area contributed by atoms with Gasteiger partial charge >= 0.3 is 5.97 Å². The summed E-state index contributed by atoms with van der Waals surface area (Å²) in [7, 11) is -6.53. The van der Waals surface area contributed by atoms with E-state index >= 15 is 0 Å². The molecule has 1 N–H and O–H groups in total. The number of hydrogen-bond acceptors (Lipinski definition) is 8. The summed E-state index contributed by atoms with van der Waals surface area (Å²) in [6.07, 6.45) is 0. The molecule has 9 nitrogen and oxygen atoms in total. The lowest BCUT2D eigenvalue weighted by atomic mass is 10.4. The fourth-order valence-corrected chi connectivity index (χ4v) is 5.88. The van der Waals surface area contributed by atoms with Crippen LogP contribution in [0.3, 0.4) is 0 Å². The number of carbonyl (C=O) groups is 1. The van der Waals surface area contributed by atoms with E-state index in [0.717, 1.165) is 11.3 Å². The van der Waals surface area contributed by atoms with E-state index in [-0.39, 0.29) is 33.4 Å². The number of morpholine rings is 1. The lowest BCUT2D eigenvalue weighted by molar-refractivity contribution is 0.0607. The molecule has 1 aliphatic heterocycles. The average molecular weight is 447 g/mol. The molecule has 1 aliphatic rings. The van der Waals surface area contributed by atoms with Crippen LogP contribution in [0.2, 0.25) is 0 Å². The number of nitrogens with one attached hydrogen (secondary N) is 1. The molecule has 0 atom stereocenters. The number of rotatable bonds is 6. The van der Waals surface area contributed by atoms with Crippen molar-refractivity contribution >= 4 is 43.0 Å². The Kier molecular flexibility index (Phi) is 6.05. The molecule has 1 aromatic carbocycles. The van der Waals surface area contributed by atoms with Crippen molar-refractivity contribution in [3.8, 4) is 0 Å². The molecule has 1 aromatic heterocycles. The molecule has 2 heterocycles. The van der Waals surface area contributed by atoms with Gasteiger partial charge in [-0.3, -0.25) is 4.72 Å². The maximum absolute atomic E-state index is 12.6. The van der Waals surface area contributed by atoms with Crippen LogP contribution in [0, 0.1) is 0 Å². The Morgan fingerprint density at radius 3 is 2.29 bits per heavy atom. The van der Waals surface area contributed by atoms with Crippen LogP contribution in [0.1, 0.15) is 9.67 Å². The standard InChI is InChI=1S/C16H18N2O7S3/c1-24-16(19)15-14(6-11-26-15)17-27(20,21)12-2-4-13(5-3-12)28(22,23)18-7-9-25-10-8-18/h2-6,11,17H,7-10H2,1H3. The third-order valence-electron chi connectivity index (χ3n) is 4.02. The third-order valence-corrected chi connectivity index (χ3v) is 8.21. The van der Waals surface area contributed by atoms with Gasteiger partial charge in [0.2, 0.25) is 10.0 Å². The lowest BCUT2D eigenvalue weighted by Crippen LogP contribution is -2.40. The number of sulfonamides is 2. The molecular weight excluding hydrogens is 428 g/mol. The van der Waals surface area contributed by atoms with Gasteiger partial charge in [0.1, 0.15) is 4.88 Å². The highest BCUT2D eigenvalue weighted by molar-refractivity contribution is 7.92. The smallest absolute Gasteiger partial charge is 0.350 e. The predicted octanol–water partition coefficient (Wildman–Crippen LogP) is 1.36. The molecule has 0 saturated carbocycles. The molecular formula is C16H18N2O7S3. The molecule has 0 amide bonds. The summed E-state index contributed by atoms with van der Waals surface area (Å²) < 4.78 is 63.8. The maximum atomic E-state index is 12.6. The van der Waals surface area contributed by atoms with E-state index in [9.17, 15) is 21.6 Å². The Hall–Kier alpha value is -1.99. The molecule has 2 aromatic rings. The summed E-state index contributed by atoms with van der Waals surface area (Å²) in [5, 5.41) is 1.56. The molecule has 12 heteroatoms. The van der Waals surface area contributed by atoms with Crippen LogP contribution in [0.4, 0.5) is 5.69 Å². The number of ether oxygens (including phenoxy) is 2. The monoisotopic (exact) mass is 446 g/mol. The minimum atomic E-state index is -4.01. The van der Waals surface area contributed by atoms with E-state index < -0.39 is 26.0 Å². The Labute approximate surface area is 167 Å². The molecule has 1 fully saturated rings. The van der Waals surface area contributed by atoms with Crippen molar-refractivity contribution in [1.82, 2.24) is 4.31 Å². The van der Waals surface area contributed by atoms with Crippen LogP contribution < -0.4 is 4.72 Å². The van der Waals surface area contributed by atoms with Gasteiger partial charge < -0.3 is 9.47 Å². The van der Waals surface area contributed by atoms with Gasteiger partial charge in [0.25, 0.3) is 10.0 Å². The maximum Gasteiger partial charge on any atom is 0.350 e. The van der Waals surface area contributed by atoms with Crippen molar-refractivity contribution in [1.29, 1.82) is 0 Å². The first-order chi connectivity index (χ1) is 13.3. The fraction of sp³-hybridized carbons (Fsp3) is 0.312. The van der Waals surface area contributed by atoms with Crippen molar-refractivity contribution in [2.24, 2.45) is 0 Å². The van der Waals surface area contributed by atoms with E-state index in [2.05, 4.69) is 9.46 Å². The highest BCUT2D eigenvalue weighted by Gasteiger charge is 2.27. The van der Waals surface area contributed by atoms with Gasteiger partial charge in [0.15, 0.2) is 0 Å². The zero-order valence-corrected chi connectivity index (χ0v) is 17.3. The highest BCUT2D eigenvalue weighted by Crippen LogP contribution is 2.26. The first-order valence-corrected chi connectivity index (χ1v) is 11.9. The molecule has 0 bridgehead atoms. The molecule has 0 radical (unpaired) electrons. The highest BCUT2D eigenvalue weighted by atomic mass is 32.2. The summed E-state index contributed by atoms with van der Waals surface area (Å²) in [5.41, 5.74) is 0.0989. The summed E-state index contributed by atoms with van der Waals surface area (Å²) in [6.45, 7) is 1.13. The van der Waals surface area contributed by atoms with E-state index in [1.807, 2.05) is 0 Å². The molecule has 28 heavy (non-hydrogen) atoms. The number of benzene rings is 1. The Morgan fingerprint density at radius 2 is 1.68 bits per heavy atom. The SMILES string of the molecule is COC(=O)c1sccc1NS(=O)(=O)c1ccc(S(=O)(=O)N2CCOCC2)cc1. The zero-order valence-electron chi connectivity index (χ0n) is 14.8. The molecule has 0 aliphatic carbocycles. The van der Waals surface area contributed by atoms with Crippen molar-refractivity contribution in [3.63, 3.8) is 0 Å². The van der Waals surface area contributed by atoms with Gasteiger partial charge in [-0.25, -0.2) is 21.6 Å². The van der Waals surface area contributed by atoms with Gasteiger partial charge in [0, 0.05) is 13.1 Å². The molecule has 1 saturated heterocycles. The number of carbonyl (C=O) groups excluding carboxylic acids is 1. The summed E-state index contributed by atoms with van der Waals surface area (Å²) in [6, 6.07) is 6.35. The molecule has 3 rings (SSSR count). The number of esters is 1. The second kappa shape index (κ2) is 8.17. The largest absolute Gasteiger partial charge is 0.465 e. The van der Waals surface area contributed by atoms with E-state index in [1.165, 1.54) is 41.7 Å². The number of thiophene rings is 1. The molecule has 0 unspecified atom stereocenters. The summed E-state index contributed by atoms with van der Waals surface area (Å²) in [5.74, 6) is -0.653. The lowest BCUT2D eigenvalue weighted by Gasteiger charge is -2.26. The van der Waals surface area contributed by atoms with Gasteiger partial charge in [-0.2, -0.15) is 4.31 Å². The first kappa shape index (κ1) is 20.7. The fourth-order valence-electron chi connectivity index (χ4n) is 2.57. The van der Waals surface area contributed by atoms with Gasteiger partial charge in [-0.15, -0.1) is 11.3 Å². The van der Waals surface area contributed by atoms with Gasteiger partial charge in [0.05, 0.1) is 35.8 Å². The Morgan fingerprint density at radius 1 is 1.07 bits per heavy atom. The number of anilines is 1.